The van der Waals surface area contributed by atoms with Crippen LogP contribution < -0.4 is 10.6 Å². The molecule has 3 rings (SSSR count). The summed E-state index contributed by atoms with van der Waals surface area (Å²) in [6.45, 7) is 3.56. The zero-order valence-electron chi connectivity index (χ0n) is 19.0. The molecule has 0 bridgehead atoms. The number of rotatable bonds is 9. The van der Waals surface area contributed by atoms with E-state index < -0.39 is 0 Å². The van der Waals surface area contributed by atoms with Crippen LogP contribution in [-0.4, -0.2) is 41.6 Å². The highest BCUT2D eigenvalue weighted by Crippen LogP contribution is 2.12. The van der Waals surface area contributed by atoms with Gasteiger partial charge in [0, 0.05) is 6.42 Å². The Bertz CT molecular complexity index is 888. The van der Waals surface area contributed by atoms with Gasteiger partial charge in [0.2, 0.25) is 5.91 Å². The van der Waals surface area contributed by atoms with Crippen LogP contribution in [0.1, 0.15) is 49.3 Å². The molecule has 1 fully saturated rings. The minimum atomic E-state index is -0.177. The number of hydrogen-bond donors (Lipinski definition) is 4. The van der Waals surface area contributed by atoms with E-state index in [1.165, 1.54) is 11.1 Å². The Hall–Kier alpha value is -2.99. The van der Waals surface area contributed by atoms with E-state index in [0.29, 0.717) is 18.8 Å². The summed E-state index contributed by atoms with van der Waals surface area (Å²) in [5.41, 5.74) is 3.49. The van der Waals surface area contributed by atoms with Crippen LogP contribution in [-0.2, 0) is 24.2 Å². The fourth-order valence-corrected chi connectivity index (χ4v) is 3.92. The number of benzene rings is 2. The molecule has 6 nitrogen and oxygen atoms in total. The largest absolute Gasteiger partial charge is 0.348 e. The Labute approximate surface area is 191 Å². The Kier molecular flexibility index (Phi) is 8.99. The van der Waals surface area contributed by atoms with Crippen molar-refractivity contribution in [2.45, 2.75) is 58.0 Å². The van der Waals surface area contributed by atoms with Crippen LogP contribution in [0.5, 0.6) is 0 Å². The van der Waals surface area contributed by atoms with E-state index in [0.717, 1.165) is 44.2 Å². The van der Waals surface area contributed by atoms with E-state index in [4.69, 9.17) is 10.8 Å². The van der Waals surface area contributed by atoms with Crippen LogP contribution >= 0.6 is 0 Å². The van der Waals surface area contributed by atoms with Crippen molar-refractivity contribution in [2.24, 2.45) is 0 Å². The zero-order valence-corrected chi connectivity index (χ0v) is 19.0. The van der Waals surface area contributed by atoms with E-state index in [9.17, 15) is 4.79 Å². The Balaban J connectivity index is 1.64. The molecule has 2 aromatic carbocycles. The van der Waals surface area contributed by atoms with Gasteiger partial charge in [0.25, 0.3) is 0 Å². The summed E-state index contributed by atoms with van der Waals surface area (Å²) in [4.78, 5) is 14.2. The molecule has 0 aliphatic carbocycles. The van der Waals surface area contributed by atoms with E-state index in [1.54, 1.807) is 4.90 Å². The van der Waals surface area contributed by atoms with Gasteiger partial charge in [-0.25, -0.2) is 0 Å². The van der Waals surface area contributed by atoms with Gasteiger partial charge >= 0.3 is 0 Å². The number of aryl methyl sites for hydroxylation is 2. The van der Waals surface area contributed by atoms with Gasteiger partial charge in [0.15, 0.2) is 0 Å². The van der Waals surface area contributed by atoms with Crippen molar-refractivity contribution >= 4 is 17.6 Å². The summed E-state index contributed by atoms with van der Waals surface area (Å²) in [5.74, 6) is 0.577. The number of nitrogens with one attached hydrogen (secondary N) is 4. The van der Waals surface area contributed by atoms with Gasteiger partial charge in [-0.2, -0.15) is 0 Å². The first kappa shape index (κ1) is 23.7. The second kappa shape index (κ2) is 12.2. The third-order valence-electron chi connectivity index (χ3n) is 5.97. The number of piperidine rings is 1. The number of amides is 1. The lowest BCUT2D eigenvalue weighted by Gasteiger charge is -2.27. The normalized spacial score (nSPS) is 15.7. The highest BCUT2D eigenvalue weighted by molar-refractivity contribution is 6.00. The molecule has 0 spiro atoms. The van der Waals surface area contributed by atoms with Crippen molar-refractivity contribution in [3.8, 4) is 0 Å². The molecular weight excluding hydrogens is 398 g/mol. The average Bonchev–Trinajstić information content (AvgIpc) is 2.85. The Morgan fingerprint density at radius 2 is 1.72 bits per heavy atom. The van der Waals surface area contributed by atoms with Crippen molar-refractivity contribution in [3.05, 3.63) is 71.3 Å². The number of carbonyl (C=O) groups is 1. The van der Waals surface area contributed by atoms with Crippen LogP contribution in [0.3, 0.4) is 0 Å². The number of nitrogens with zero attached hydrogens (tertiary/aromatic N) is 1. The minimum Gasteiger partial charge on any atom is -0.348 e. The number of carbonyl (C=O) groups excluding carboxylic acids is 1. The van der Waals surface area contributed by atoms with Gasteiger partial charge in [-0.3, -0.25) is 15.6 Å². The Morgan fingerprint density at radius 3 is 2.38 bits per heavy atom. The molecule has 1 heterocycles. The number of hydrogen-bond acceptors (Lipinski definition) is 4. The second-order valence-electron chi connectivity index (χ2n) is 8.36. The summed E-state index contributed by atoms with van der Waals surface area (Å²) in [7, 11) is 0. The van der Waals surface area contributed by atoms with Gasteiger partial charge in [-0.15, -0.1) is 0 Å². The topological polar surface area (TPSA) is 92.1 Å². The standard InChI is InChI=1S/C26H35N5O/c1-2-20-11-13-22(14-12-20)19-31(24(27)16-15-21-8-4-3-5-9-21)25(28)18-30-26(32)23-10-6-7-17-29-23/h3-5,8-9,11-14,23,27-29H,2,6-7,10,15-19H2,1H3,(H,30,32). The predicted molar refractivity (Wildman–Crippen MR) is 130 cm³/mol. The molecule has 1 unspecified atom stereocenters. The molecule has 1 aliphatic heterocycles. The van der Waals surface area contributed by atoms with Gasteiger partial charge < -0.3 is 15.5 Å². The van der Waals surface area contributed by atoms with E-state index in [1.807, 2.05) is 18.2 Å². The highest BCUT2D eigenvalue weighted by Gasteiger charge is 2.22. The van der Waals surface area contributed by atoms with Gasteiger partial charge in [-0.1, -0.05) is 67.9 Å². The first-order valence-electron chi connectivity index (χ1n) is 11.6. The molecule has 1 atom stereocenters. The van der Waals surface area contributed by atoms with Crippen molar-refractivity contribution in [1.29, 1.82) is 10.8 Å². The lowest BCUT2D eigenvalue weighted by molar-refractivity contribution is -0.123. The molecule has 170 valence electrons. The van der Waals surface area contributed by atoms with E-state index in [2.05, 4.69) is 54.0 Å². The molecule has 0 aromatic heterocycles. The zero-order chi connectivity index (χ0) is 22.8. The third-order valence-corrected chi connectivity index (χ3v) is 5.97. The van der Waals surface area contributed by atoms with E-state index in [-0.39, 0.29) is 24.3 Å². The van der Waals surface area contributed by atoms with Crippen molar-refractivity contribution in [3.63, 3.8) is 0 Å². The summed E-state index contributed by atoms with van der Waals surface area (Å²) >= 11 is 0. The summed E-state index contributed by atoms with van der Waals surface area (Å²) in [6.07, 6.45) is 5.25. The average molecular weight is 434 g/mol. The molecule has 6 heteroatoms. The van der Waals surface area contributed by atoms with Crippen molar-refractivity contribution in [2.75, 3.05) is 13.1 Å². The molecule has 4 N–H and O–H groups in total. The number of amidine groups is 2. The second-order valence-corrected chi connectivity index (χ2v) is 8.36. The van der Waals surface area contributed by atoms with Crippen LogP contribution in [0, 0.1) is 10.8 Å². The maximum Gasteiger partial charge on any atom is 0.237 e. The van der Waals surface area contributed by atoms with Crippen molar-refractivity contribution < 1.29 is 4.79 Å². The fraction of sp³-hybridized carbons (Fsp3) is 0.423. The predicted octanol–water partition coefficient (Wildman–Crippen LogP) is 3.90. The molecular formula is C26H35N5O. The monoisotopic (exact) mass is 433 g/mol. The molecule has 0 saturated carbocycles. The van der Waals surface area contributed by atoms with Gasteiger partial charge in [0.05, 0.1) is 19.1 Å². The van der Waals surface area contributed by atoms with Crippen LogP contribution in [0.15, 0.2) is 54.6 Å². The maximum absolute atomic E-state index is 12.5. The van der Waals surface area contributed by atoms with Gasteiger partial charge in [0.1, 0.15) is 11.7 Å². The minimum absolute atomic E-state index is 0.0579. The summed E-state index contributed by atoms with van der Waals surface area (Å²) in [6, 6.07) is 18.3. The molecule has 0 radical (unpaired) electrons. The van der Waals surface area contributed by atoms with Crippen LogP contribution in [0.25, 0.3) is 0 Å². The Morgan fingerprint density at radius 1 is 1.00 bits per heavy atom. The summed E-state index contributed by atoms with van der Waals surface area (Å²) in [5, 5.41) is 23.5. The quantitative estimate of drug-likeness (QED) is 0.357. The molecule has 1 saturated heterocycles. The smallest absolute Gasteiger partial charge is 0.237 e. The molecule has 1 aliphatic rings. The van der Waals surface area contributed by atoms with Crippen molar-refractivity contribution in [1.82, 2.24) is 15.5 Å². The SMILES string of the molecule is CCc1ccc(CN(C(=N)CCc2ccccc2)C(=N)CNC(=O)C2CCCCN2)cc1. The van der Waals surface area contributed by atoms with Gasteiger partial charge in [-0.05, 0) is 48.9 Å². The van der Waals surface area contributed by atoms with Crippen LogP contribution in [0.4, 0.5) is 0 Å². The maximum atomic E-state index is 12.5. The lowest BCUT2D eigenvalue weighted by Crippen LogP contribution is -2.49. The highest BCUT2D eigenvalue weighted by atomic mass is 16.2. The first-order valence-corrected chi connectivity index (χ1v) is 11.6. The first-order chi connectivity index (χ1) is 15.6. The molecule has 1 amide bonds. The third kappa shape index (κ3) is 7.02. The molecule has 2 aromatic rings. The summed E-state index contributed by atoms with van der Waals surface area (Å²) < 4.78 is 0. The fourth-order valence-electron chi connectivity index (χ4n) is 3.92. The molecule has 32 heavy (non-hydrogen) atoms. The van der Waals surface area contributed by atoms with Crippen LogP contribution in [0.2, 0.25) is 0 Å². The lowest BCUT2D eigenvalue weighted by atomic mass is 10.0. The van der Waals surface area contributed by atoms with E-state index >= 15 is 0 Å².